The Balaban J connectivity index is 2.51. The highest BCUT2D eigenvalue weighted by Gasteiger charge is 2.37. The van der Waals surface area contributed by atoms with E-state index in [1.54, 1.807) is 0 Å². The molecule has 0 bridgehead atoms. The van der Waals surface area contributed by atoms with Crippen molar-refractivity contribution in [1.29, 1.82) is 0 Å². The molecule has 1 atom stereocenters. The fourth-order valence-corrected chi connectivity index (χ4v) is 2.62. The minimum atomic E-state index is -0.0734. The van der Waals surface area contributed by atoms with Gasteiger partial charge in [-0.25, -0.2) is 0 Å². The van der Waals surface area contributed by atoms with Crippen LogP contribution >= 0.6 is 0 Å². The van der Waals surface area contributed by atoms with E-state index in [1.165, 1.54) is 12.8 Å². The quantitative estimate of drug-likeness (QED) is 0.712. The maximum absolute atomic E-state index is 12.2. The number of ketones is 1. The highest BCUT2D eigenvalue weighted by atomic mass is 16.1. The molecule has 1 saturated carbocycles. The van der Waals surface area contributed by atoms with Crippen LogP contribution in [0.15, 0.2) is 0 Å². The highest BCUT2D eigenvalue weighted by molar-refractivity contribution is 5.87. The molecule has 1 fully saturated rings. The second kappa shape index (κ2) is 5.11. The Labute approximate surface area is 94.0 Å². The molecule has 0 amide bonds. The van der Waals surface area contributed by atoms with Crippen LogP contribution in [0, 0.1) is 11.3 Å². The first-order chi connectivity index (χ1) is 6.97. The number of carbonyl (C=O) groups excluding carboxylic acids is 1. The molecule has 1 aliphatic carbocycles. The molecule has 0 aromatic carbocycles. The monoisotopic (exact) mass is 211 g/mol. The van der Waals surface area contributed by atoms with Crippen LogP contribution in [0.3, 0.4) is 0 Å². The molecule has 0 aromatic rings. The largest absolute Gasteiger partial charge is 0.306 e. The van der Waals surface area contributed by atoms with Crippen molar-refractivity contribution >= 4 is 5.78 Å². The Kier molecular flexibility index (Phi) is 4.32. The van der Waals surface area contributed by atoms with Gasteiger partial charge in [0.1, 0.15) is 5.78 Å². The topological polar surface area (TPSA) is 20.3 Å². The number of hydrogen-bond acceptors (Lipinski definition) is 2. The zero-order valence-corrected chi connectivity index (χ0v) is 10.7. The van der Waals surface area contributed by atoms with Crippen LogP contribution in [0.25, 0.3) is 0 Å². The average Bonchev–Trinajstić information content (AvgIpc) is 2.13. The summed E-state index contributed by atoms with van der Waals surface area (Å²) < 4.78 is 0. The van der Waals surface area contributed by atoms with Crippen molar-refractivity contribution in [2.24, 2.45) is 11.3 Å². The molecule has 0 N–H and O–H groups in total. The van der Waals surface area contributed by atoms with Crippen LogP contribution in [-0.2, 0) is 4.79 Å². The zero-order valence-electron chi connectivity index (χ0n) is 10.7. The summed E-state index contributed by atoms with van der Waals surface area (Å²) in [5.74, 6) is 0.766. The summed E-state index contributed by atoms with van der Waals surface area (Å²) in [7, 11) is 2.12. The van der Waals surface area contributed by atoms with E-state index < -0.39 is 0 Å². The molecule has 1 rings (SSSR count). The number of nitrogens with zero attached hydrogens (tertiary/aromatic N) is 1. The first kappa shape index (κ1) is 12.7. The number of carbonyl (C=O) groups is 1. The molecule has 0 aliphatic heterocycles. The van der Waals surface area contributed by atoms with E-state index in [-0.39, 0.29) is 11.3 Å². The van der Waals surface area contributed by atoms with Crippen molar-refractivity contribution in [3.63, 3.8) is 0 Å². The van der Waals surface area contributed by atoms with Gasteiger partial charge >= 0.3 is 0 Å². The molecular formula is C13H25NO. The maximum atomic E-state index is 12.2. The highest BCUT2D eigenvalue weighted by Crippen LogP contribution is 2.35. The molecule has 2 nitrogen and oxygen atoms in total. The predicted molar refractivity (Wildman–Crippen MR) is 63.9 cm³/mol. The SMILES string of the molecule is CCCN(C)CC1CCCC(C)(C)C1=O. The molecule has 1 unspecified atom stereocenters. The summed E-state index contributed by atoms with van der Waals surface area (Å²) in [6.07, 6.45) is 4.54. The van der Waals surface area contributed by atoms with Crippen LogP contribution in [0.5, 0.6) is 0 Å². The van der Waals surface area contributed by atoms with Gasteiger partial charge in [0.05, 0.1) is 0 Å². The summed E-state index contributed by atoms with van der Waals surface area (Å²) in [6, 6.07) is 0. The van der Waals surface area contributed by atoms with Crippen LogP contribution in [0.4, 0.5) is 0 Å². The Morgan fingerprint density at radius 3 is 2.73 bits per heavy atom. The third-order valence-electron chi connectivity index (χ3n) is 3.53. The van der Waals surface area contributed by atoms with Crippen molar-refractivity contribution in [1.82, 2.24) is 4.90 Å². The normalized spacial score (nSPS) is 25.9. The summed E-state index contributed by atoms with van der Waals surface area (Å²) in [5.41, 5.74) is -0.0734. The Morgan fingerprint density at radius 2 is 2.13 bits per heavy atom. The Bertz CT molecular complexity index is 223. The predicted octanol–water partition coefficient (Wildman–Crippen LogP) is 2.72. The molecule has 0 heterocycles. The van der Waals surface area contributed by atoms with Gasteiger partial charge in [-0.1, -0.05) is 27.2 Å². The molecular weight excluding hydrogens is 186 g/mol. The van der Waals surface area contributed by atoms with E-state index in [9.17, 15) is 4.79 Å². The van der Waals surface area contributed by atoms with E-state index in [0.29, 0.717) is 5.78 Å². The lowest BCUT2D eigenvalue weighted by Gasteiger charge is -2.35. The van der Waals surface area contributed by atoms with Crippen LogP contribution < -0.4 is 0 Å². The van der Waals surface area contributed by atoms with Crippen molar-refractivity contribution < 1.29 is 4.79 Å². The number of hydrogen-bond donors (Lipinski definition) is 0. The van der Waals surface area contributed by atoms with Gasteiger partial charge in [0.2, 0.25) is 0 Å². The molecule has 0 saturated heterocycles. The maximum Gasteiger partial charge on any atom is 0.142 e. The van der Waals surface area contributed by atoms with Gasteiger partial charge in [-0.05, 0) is 32.9 Å². The minimum Gasteiger partial charge on any atom is -0.306 e. The van der Waals surface area contributed by atoms with Gasteiger partial charge in [-0.15, -0.1) is 0 Å². The van der Waals surface area contributed by atoms with Gasteiger partial charge in [-0.3, -0.25) is 4.79 Å². The zero-order chi connectivity index (χ0) is 11.5. The smallest absolute Gasteiger partial charge is 0.142 e. The summed E-state index contributed by atoms with van der Waals surface area (Å²) in [4.78, 5) is 14.5. The molecule has 1 aliphatic rings. The fourth-order valence-electron chi connectivity index (χ4n) is 2.62. The Hall–Kier alpha value is -0.370. The van der Waals surface area contributed by atoms with E-state index in [2.05, 4.69) is 32.7 Å². The van der Waals surface area contributed by atoms with Crippen LogP contribution in [0.1, 0.15) is 46.5 Å². The van der Waals surface area contributed by atoms with Gasteiger partial charge in [0.15, 0.2) is 0 Å². The first-order valence-corrected chi connectivity index (χ1v) is 6.20. The van der Waals surface area contributed by atoms with Gasteiger partial charge in [-0.2, -0.15) is 0 Å². The van der Waals surface area contributed by atoms with Crippen molar-refractivity contribution in [3.8, 4) is 0 Å². The average molecular weight is 211 g/mol. The van der Waals surface area contributed by atoms with Gasteiger partial charge in [0, 0.05) is 17.9 Å². The molecule has 15 heavy (non-hydrogen) atoms. The van der Waals surface area contributed by atoms with Gasteiger partial charge in [0.25, 0.3) is 0 Å². The summed E-state index contributed by atoms with van der Waals surface area (Å²) >= 11 is 0. The van der Waals surface area contributed by atoms with Crippen LogP contribution in [0.2, 0.25) is 0 Å². The molecule has 88 valence electrons. The second-order valence-corrected chi connectivity index (χ2v) is 5.60. The molecule has 2 heteroatoms. The van der Waals surface area contributed by atoms with E-state index in [1.807, 2.05) is 0 Å². The minimum absolute atomic E-state index is 0.0734. The Morgan fingerprint density at radius 1 is 1.47 bits per heavy atom. The third kappa shape index (κ3) is 3.30. The summed E-state index contributed by atoms with van der Waals surface area (Å²) in [5, 5.41) is 0. The fraction of sp³-hybridized carbons (Fsp3) is 0.923. The lowest BCUT2D eigenvalue weighted by Crippen LogP contribution is -2.40. The lowest BCUT2D eigenvalue weighted by molar-refractivity contribution is -0.134. The van der Waals surface area contributed by atoms with E-state index >= 15 is 0 Å². The lowest BCUT2D eigenvalue weighted by atomic mass is 9.71. The van der Waals surface area contributed by atoms with Crippen molar-refractivity contribution in [2.45, 2.75) is 46.5 Å². The number of rotatable bonds is 4. The van der Waals surface area contributed by atoms with E-state index in [0.717, 1.165) is 25.9 Å². The van der Waals surface area contributed by atoms with Crippen molar-refractivity contribution in [3.05, 3.63) is 0 Å². The standard InChI is InChI=1S/C13H25NO/c1-5-9-14(4)10-11-7-6-8-13(2,3)12(11)15/h11H,5-10H2,1-4H3. The molecule has 0 aromatic heterocycles. The summed E-state index contributed by atoms with van der Waals surface area (Å²) in [6.45, 7) is 8.44. The second-order valence-electron chi connectivity index (χ2n) is 5.60. The van der Waals surface area contributed by atoms with Crippen LogP contribution in [-0.4, -0.2) is 30.8 Å². The molecule has 0 spiro atoms. The van der Waals surface area contributed by atoms with E-state index in [4.69, 9.17) is 0 Å². The molecule has 0 radical (unpaired) electrons. The number of Topliss-reactive ketones (excluding diaryl/α,β-unsaturated/α-hetero) is 1. The van der Waals surface area contributed by atoms with Crippen molar-refractivity contribution in [2.75, 3.05) is 20.1 Å². The third-order valence-corrected chi connectivity index (χ3v) is 3.53. The van der Waals surface area contributed by atoms with Gasteiger partial charge < -0.3 is 4.90 Å². The first-order valence-electron chi connectivity index (χ1n) is 6.20.